The summed E-state index contributed by atoms with van der Waals surface area (Å²) in [5.74, 6) is 0.139. The minimum atomic E-state index is -0.821. The summed E-state index contributed by atoms with van der Waals surface area (Å²) in [4.78, 5) is 15.9. The van der Waals surface area contributed by atoms with E-state index in [0.29, 0.717) is 5.56 Å². The Hall–Kier alpha value is -2.16. The number of aliphatic hydroxyl groups excluding tert-OH is 2. The molecule has 0 bridgehead atoms. The molecule has 1 saturated heterocycles. The van der Waals surface area contributed by atoms with E-state index in [1.165, 1.54) is 4.57 Å². The number of aliphatic hydroxyl groups is 2. The zero-order valence-electron chi connectivity index (χ0n) is 12.1. The quantitative estimate of drug-likeness (QED) is 0.702. The monoisotopic (exact) mass is 306 g/mol. The first-order valence-electron chi connectivity index (χ1n) is 6.96. The molecule has 3 atom stereocenters. The van der Waals surface area contributed by atoms with Crippen LogP contribution in [-0.4, -0.2) is 43.1 Å². The third kappa shape index (κ3) is 2.41. The molecule has 2 aromatic rings. The summed E-state index contributed by atoms with van der Waals surface area (Å²) in [6.07, 6.45) is 1.46. The molecule has 3 heterocycles. The van der Waals surface area contributed by atoms with Crippen LogP contribution >= 0.6 is 0 Å². The first-order chi connectivity index (χ1) is 10.5. The molecule has 0 spiro atoms. The van der Waals surface area contributed by atoms with Crippen LogP contribution in [-0.2, 0) is 11.8 Å². The fraction of sp³-hybridized carbons (Fsp3) is 0.429. The lowest BCUT2D eigenvalue weighted by Gasteiger charge is -2.16. The third-order valence-electron chi connectivity index (χ3n) is 3.90. The predicted octanol–water partition coefficient (Wildman–Crippen LogP) is -0.528. The number of nitrogens with two attached hydrogens (primary N) is 1. The van der Waals surface area contributed by atoms with Gasteiger partial charge in [-0.1, -0.05) is 0 Å². The minimum Gasteiger partial charge on any atom is -0.394 e. The van der Waals surface area contributed by atoms with Gasteiger partial charge in [0.25, 0.3) is 0 Å². The van der Waals surface area contributed by atoms with Gasteiger partial charge in [-0.3, -0.25) is 4.57 Å². The van der Waals surface area contributed by atoms with Crippen LogP contribution in [0.4, 0.5) is 5.82 Å². The van der Waals surface area contributed by atoms with E-state index in [4.69, 9.17) is 15.6 Å². The van der Waals surface area contributed by atoms with Gasteiger partial charge in [0.15, 0.2) is 0 Å². The van der Waals surface area contributed by atoms with E-state index in [9.17, 15) is 9.90 Å². The highest BCUT2D eigenvalue weighted by molar-refractivity contribution is 5.70. The maximum atomic E-state index is 12.1. The highest BCUT2D eigenvalue weighted by atomic mass is 16.5. The molecule has 0 amide bonds. The Kier molecular flexibility index (Phi) is 3.73. The fourth-order valence-electron chi connectivity index (χ4n) is 2.68. The van der Waals surface area contributed by atoms with E-state index in [-0.39, 0.29) is 18.8 Å². The number of anilines is 1. The van der Waals surface area contributed by atoms with Crippen molar-refractivity contribution >= 4 is 5.82 Å². The summed E-state index contributed by atoms with van der Waals surface area (Å²) in [5, 5.41) is 19.0. The SMILES string of the molecule is Cn1cccc1-c1cn([C@@H]2C[C@H](O)[C@@H](CO)O2)c(=O)nc1N. The van der Waals surface area contributed by atoms with Crippen molar-refractivity contribution in [2.24, 2.45) is 7.05 Å². The maximum Gasteiger partial charge on any atom is 0.351 e. The molecule has 8 nitrogen and oxygen atoms in total. The minimum absolute atomic E-state index is 0.139. The van der Waals surface area contributed by atoms with Gasteiger partial charge in [0.1, 0.15) is 18.1 Å². The Morgan fingerprint density at radius 1 is 1.55 bits per heavy atom. The lowest BCUT2D eigenvalue weighted by molar-refractivity contribution is -0.0458. The number of hydrogen-bond acceptors (Lipinski definition) is 6. The molecule has 3 rings (SSSR count). The zero-order valence-corrected chi connectivity index (χ0v) is 12.1. The van der Waals surface area contributed by atoms with Gasteiger partial charge in [-0.05, 0) is 12.1 Å². The van der Waals surface area contributed by atoms with Crippen molar-refractivity contribution in [2.75, 3.05) is 12.3 Å². The average molecular weight is 306 g/mol. The summed E-state index contributed by atoms with van der Waals surface area (Å²) in [6, 6.07) is 3.73. The van der Waals surface area contributed by atoms with Crippen LogP contribution in [0.5, 0.6) is 0 Å². The molecule has 0 saturated carbocycles. The van der Waals surface area contributed by atoms with Crippen LogP contribution in [0.15, 0.2) is 29.3 Å². The van der Waals surface area contributed by atoms with Crippen molar-refractivity contribution in [3.8, 4) is 11.3 Å². The highest BCUT2D eigenvalue weighted by Crippen LogP contribution is 2.30. The molecule has 2 aromatic heterocycles. The molecule has 0 aromatic carbocycles. The number of ether oxygens (including phenoxy) is 1. The third-order valence-corrected chi connectivity index (χ3v) is 3.90. The number of hydrogen-bond donors (Lipinski definition) is 3. The second-order valence-corrected chi connectivity index (χ2v) is 5.35. The van der Waals surface area contributed by atoms with Crippen LogP contribution in [0.3, 0.4) is 0 Å². The fourth-order valence-corrected chi connectivity index (χ4v) is 2.68. The molecule has 4 N–H and O–H groups in total. The van der Waals surface area contributed by atoms with Crippen LogP contribution in [0.1, 0.15) is 12.6 Å². The van der Waals surface area contributed by atoms with Gasteiger partial charge in [0.05, 0.1) is 24.0 Å². The van der Waals surface area contributed by atoms with Crippen LogP contribution in [0.2, 0.25) is 0 Å². The van der Waals surface area contributed by atoms with E-state index in [1.807, 2.05) is 29.9 Å². The van der Waals surface area contributed by atoms with Gasteiger partial charge < -0.3 is 25.3 Å². The van der Waals surface area contributed by atoms with Crippen molar-refractivity contribution in [3.63, 3.8) is 0 Å². The zero-order chi connectivity index (χ0) is 15.9. The molecule has 22 heavy (non-hydrogen) atoms. The normalized spacial score (nSPS) is 24.8. The number of aryl methyl sites for hydroxylation is 1. The van der Waals surface area contributed by atoms with Crippen molar-refractivity contribution in [1.29, 1.82) is 0 Å². The lowest BCUT2D eigenvalue weighted by atomic mass is 10.2. The first kappa shape index (κ1) is 14.8. The molecule has 1 fully saturated rings. The predicted molar refractivity (Wildman–Crippen MR) is 78.9 cm³/mol. The average Bonchev–Trinajstić information content (AvgIpc) is 3.05. The van der Waals surface area contributed by atoms with E-state index in [0.717, 1.165) is 5.69 Å². The molecule has 118 valence electrons. The Morgan fingerprint density at radius 3 is 2.91 bits per heavy atom. The van der Waals surface area contributed by atoms with Crippen molar-refractivity contribution in [2.45, 2.75) is 24.9 Å². The number of nitrogen functional groups attached to an aromatic ring is 1. The highest BCUT2D eigenvalue weighted by Gasteiger charge is 2.35. The molecular formula is C14H18N4O4. The summed E-state index contributed by atoms with van der Waals surface area (Å²) in [7, 11) is 1.86. The summed E-state index contributed by atoms with van der Waals surface area (Å²) >= 11 is 0. The molecule has 1 aliphatic heterocycles. The maximum absolute atomic E-state index is 12.1. The van der Waals surface area contributed by atoms with Gasteiger partial charge >= 0.3 is 5.69 Å². The molecule has 0 radical (unpaired) electrons. The lowest BCUT2D eigenvalue weighted by Crippen LogP contribution is -2.28. The summed E-state index contributed by atoms with van der Waals surface area (Å²) in [6.45, 7) is -0.306. The first-order valence-corrected chi connectivity index (χ1v) is 6.96. The summed E-state index contributed by atoms with van der Waals surface area (Å²) in [5.41, 5.74) is 6.74. The Morgan fingerprint density at radius 2 is 2.32 bits per heavy atom. The molecule has 0 unspecified atom stereocenters. The molecule has 1 aliphatic rings. The van der Waals surface area contributed by atoms with E-state index in [2.05, 4.69) is 4.98 Å². The summed E-state index contributed by atoms with van der Waals surface area (Å²) < 4.78 is 8.67. The Bertz CT molecular complexity index is 739. The van der Waals surface area contributed by atoms with Gasteiger partial charge in [0, 0.05) is 25.9 Å². The Balaban J connectivity index is 2.03. The van der Waals surface area contributed by atoms with Crippen LogP contribution in [0, 0.1) is 0 Å². The number of aromatic nitrogens is 3. The van der Waals surface area contributed by atoms with Crippen molar-refractivity contribution in [3.05, 3.63) is 35.0 Å². The number of nitrogens with zero attached hydrogens (tertiary/aromatic N) is 3. The Labute approximate surface area is 126 Å². The molecule has 0 aliphatic carbocycles. The van der Waals surface area contributed by atoms with Crippen molar-refractivity contribution < 1.29 is 14.9 Å². The molecular weight excluding hydrogens is 288 g/mol. The topological polar surface area (TPSA) is 116 Å². The molecule has 8 heteroatoms. The standard InChI is InChI=1S/C14H18N4O4/c1-17-4-2-3-9(17)8-6-18(14(21)16-13(8)15)12-5-10(20)11(7-19)22-12/h2-4,6,10-12,19-20H,5,7H2,1H3,(H2,15,16,21)/t10-,11+,12-/m0/s1. The number of rotatable bonds is 3. The van der Waals surface area contributed by atoms with E-state index in [1.54, 1.807) is 6.20 Å². The van der Waals surface area contributed by atoms with Crippen molar-refractivity contribution in [1.82, 2.24) is 14.1 Å². The van der Waals surface area contributed by atoms with Crippen LogP contribution in [0.25, 0.3) is 11.3 Å². The second kappa shape index (κ2) is 5.56. The van der Waals surface area contributed by atoms with Gasteiger partial charge in [-0.15, -0.1) is 0 Å². The van der Waals surface area contributed by atoms with Gasteiger partial charge in [0.2, 0.25) is 0 Å². The van der Waals surface area contributed by atoms with Gasteiger partial charge in [-0.25, -0.2) is 4.79 Å². The largest absolute Gasteiger partial charge is 0.394 e. The van der Waals surface area contributed by atoms with Gasteiger partial charge in [-0.2, -0.15) is 4.98 Å². The van der Waals surface area contributed by atoms with E-state index < -0.39 is 24.1 Å². The van der Waals surface area contributed by atoms with E-state index >= 15 is 0 Å². The smallest absolute Gasteiger partial charge is 0.351 e. The second-order valence-electron chi connectivity index (χ2n) is 5.35. The van der Waals surface area contributed by atoms with Crippen LogP contribution < -0.4 is 11.4 Å².